The van der Waals surface area contributed by atoms with Crippen molar-refractivity contribution in [1.29, 1.82) is 0 Å². The van der Waals surface area contributed by atoms with Gasteiger partial charge < -0.3 is 23.9 Å². The Bertz CT molecular complexity index is 1230. The summed E-state index contributed by atoms with van der Waals surface area (Å²) in [6.07, 6.45) is 0.384. The highest BCUT2D eigenvalue weighted by molar-refractivity contribution is 5.99. The van der Waals surface area contributed by atoms with Crippen LogP contribution in [0.25, 0.3) is 11.0 Å². The second-order valence-corrected chi connectivity index (χ2v) is 7.72. The van der Waals surface area contributed by atoms with Crippen LogP contribution in [0.1, 0.15) is 45.3 Å². The smallest absolute Gasteiger partial charge is 0.290 e. The second-order valence-electron chi connectivity index (χ2n) is 7.72. The molecule has 2 heterocycles. The van der Waals surface area contributed by atoms with Crippen LogP contribution in [0.5, 0.6) is 11.5 Å². The zero-order valence-electron chi connectivity index (χ0n) is 18.0. The van der Waals surface area contributed by atoms with Crippen molar-refractivity contribution < 1.29 is 23.8 Å². The molecule has 0 fully saturated rings. The first-order valence-electron chi connectivity index (χ1n) is 10.1. The van der Waals surface area contributed by atoms with Gasteiger partial charge in [-0.15, -0.1) is 0 Å². The Balaban J connectivity index is 1.99. The standard InChI is InChI=1S/C24H25NO6/c1-13-10-14(2)19-18(11-13)31-23-20(22(19)27)21(25(24(23)28)8-5-9-26)15-6-7-16(29-3)17(12-15)30-4/h6-7,10-12,21,26H,5,8-9H2,1-4H3. The first-order valence-corrected chi connectivity index (χ1v) is 10.1. The molecule has 1 aliphatic heterocycles. The summed E-state index contributed by atoms with van der Waals surface area (Å²) in [7, 11) is 3.08. The predicted molar refractivity (Wildman–Crippen MR) is 116 cm³/mol. The number of nitrogens with zero attached hydrogens (tertiary/aromatic N) is 1. The fraction of sp³-hybridized carbons (Fsp3) is 0.333. The number of rotatable bonds is 6. The average molecular weight is 423 g/mol. The summed E-state index contributed by atoms with van der Waals surface area (Å²) in [5.41, 5.74) is 2.97. The van der Waals surface area contributed by atoms with E-state index in [-0.39, 0.29) is 30.2 Å². The fourth-order valence-corrected chi connectivity index (χ4v) is 4.35. The third-order valence-corrected chi connectivity index (χ3v) is 5.69. The second kappa shape index (κ2) is 8.07. The van der Waals surface area contributed by atoms with Gasteiger partial charge in [0.25, 0.3) is 5.91 Å². The van der Waals surface area contributed by atoms with Crippen LogP contribution < -0.4 is 14.9 Å². The number of amides is 1. The average Bonchev–Trinajstić information content (AvgIpc) is 3.03. The highest BCUT2D eigenvalue weighted by Crippen LogP contribution is 2.41. The van der Waals surface area contributed by atoms with E-state index in [1.807, 2.05) is 26.0 Å². The van der Waals surface area contributed by atoms with E-state index >= 15 is 0 Å². The Morgan fingerprint density at radius 1 is 1.06 bits per heavy atom. The lowest BCUT2D eigenvalue weighted by molar-refractivity contribution is 0.0716. The molecule has 0 aliphatic carbocycles. The normalized spacial score (nSPS) is 15.5. The molecule has 1 atom stereocenters. The number of hydrogen-bond donors (Lipinski definition) is 1. The van der Waals surface area contributed by atoms with Crippen molar-refractivity contribution in [3.63, 3.8) is 0 Å². The molecule has 1 unspecified atom stereocenters. The highest BCUT2D eigenvalue weighted by atomic mass is 16.5. The topological polar surface area (TPSA) is 89.2 Å². The number of ether oxygens (including phenoxy) is 2. The van der Waals surface area contributed by atoms with E-state index in [0.29, 0.717) is 40.0 Å². The number of aliphatic hydroxyl groups excluding tert-OH is 1. The minimum absolute atomic E-state index is 0.0558. The number of carbonyl (C=O) groups excluding carboxylic acids is 1. The van der Waals surface area contributed by atoms with E-state index < -0.39 is 6.04 Å². The molecule has 1 N–H and O–H groups in total. The zero-order chi connectivity index (χ0) is 22.3. The molecule has 3 aromatic rings. The van der Waals surface area contributed by atoms with Crippen molar-refractivity contribution >= 4 is 16.9 Å². The number of carbonyl (C=O) groups is 1. The van der Waals surface area contributed by atoms with Crippen molar-refractivity contribution in [2.24, 2.45) is 0 Å². The largest absolute Gasteiger partial charge is 0.493 e. The van der Waals surface area contributed by atoms with Crippen LogP contribution in [-0.2, 0) is 0 Å². The number of aliphatic hydroxyl groups is 1. The van der Waals surface area contributed by atoms with E-state index in [9.17, 15) is 14.7 Å². The Kier molecular flexibility index (Phi) is 5.45. The van der Waals surface area contributed by atoms with Gasteiger partial charge in [-0.3, -0.25) is 9.59 Å². The van der Waals surface area contributed by atoms with Gasteiger partial charge in [-0.2, -0.15) is 0 Å². The van der Waals surface area contributed by atoms with Gasteiger partial charge >= 0.3 is 0 Å². The Morgan fingerprint density at radius 3 is 2.48 bits per heavy atom. The van der Waals surface area contributed by atoms with Crippen LogP contribution in [0.3, 0.4) is 0 Å². The summed E-state index contributed by atoms with van der Waals surface area (Å²) in [6, 6.07) is 8.39. The van der Waals surface area contributed by atoms with Crippen LogP contribution in [0.15, 0.2) is 39.5 Å². The third kappa shape index (κ3) is 3.35. The minimum atomic E-state index is -0.643. The summed E-state index contributed by atoms with van der Waals surface area (Å²) >= 11 is 0. The predicted octanol–water partition coefficient (Wildman–Crippen LogP) is 3.35. The maximum atomic E-state index is 13.6. The minimum Gasteiger partial charge on any atom is -0.493 e. The van der Waals surface area contributed by atoms with Gasteiger partial charge in [-0.1, -0.05) is 12.1 Å². The number of fused-ring (bicyclic) bond motifs is 2. The van der Waals surface area contributed by atoms with Gasteiger partial charge in [0, 0.05) is 13.2 Å². The molecule has 4 rings (SSSR count). The van der Waals surface area contributed by atoms with E-state index in [0.717, 1.165) is 11.1 Å². The molecule has 7 heteroatoms. The van der Waals surface area contributed by atoms with E-state index in [1.165, 1.54) is 7.11 Å². The SMILES string of the molecule is COc1ccc(C2c3c(oc4cc(C)cc(C)c4c3=O)C(=O)N2CCCO)cc1OC. The molecule has 31 heavy (non-hydrogen) atoms. The van der Waals surface area contributed by atoms with Crippen LogP contribution in [0, 0.1) is 13.8 Å². The maximum absolute atomic E-state index is 13.6. The zero-order valence-corrected chi connectivity index (χ0v) is 18.0. The first-order chi connectivity index (χ1) is 14.9. The van der Waals surface area contributed by atoms with Crippen LogP contribution in [0.2, 0.25) is 0 Å². The van der Waals surface area contributed by atoms with Crippen LogP contribution in [-0.4, -0.2) is 43.3 Å². The summed E-state index contributed by atoms with van der Waals surface area (Å²) in [5, 5.41) is 9.83. The number of benzene rings is 2. The van der Waals surface area contributed by atoms with Crippen molar-refractivity contribution in [2.75, 3.05) is 27.4 Å². The van der Waals surface area contributed by atoms with Crippen molar-refractivity contribution in [1.82, 2.24) is 4.90 Å². The van der Waals surface area contributed by atoms with Crippen molar-refractivity contribution in [3.05, 3.63) is 68.6 Å². The Morgan fingerprint density at radius 2 is 1.81 bits per heavy atom. The van der Waals surface area contributed by atoms with Gasteiger partial charge in [0.1, 0.15) is 5.58 Å². The van der Waals surface area contributed by atoms with Gasteiger partial charge in [0.2, 0.25) is 5.76 Å². The van der Waals surface area contributed by atoms with Crippen LogP contribution in [0.4, 0.5) is 0 Å². The molecule has 0 saturated carbocycles. The summed E-state index contributed by atoms with van der Waals surface area (Å²) in [6.45, 7) is 4.00. The molecule has 1 amide bonds. The molecular formula is C24H25NO6. The molecule has 0 radical (unpaired) electrons. The van der Waals surface area contributed by atoms with E-state index in [1.54, 1.807) is 30.2 Å². The lowest BCUT2D eigenvalue weighted by Crippen LogP contribution is -2.31. The lowest BCUT2D eigenvalue weighted by atomic mass is 9.96. The molecule has 0 spiro atoms. The first kappa shape index (κ1) is 20.9. The van der Waals surface area contributed by atoms with Gasteiger partial charge in [-0.25, -0.2) is 0 Å². The van der Waals surface area contributed by atoms with Crippen molar-refractivity contribution in [2.45, 2.75) is 26.3 Å². The Hall–Kier alpha value is -3.32. The summed E-state index contributed by atoms with van der Waals surface area (Å²) in [4.78, 5) is 28.5. The fourth-order valence-electron chi connectivity index (χ4n) is 4.35. The van der Waals surface area contributed by atoms with Gasteiger partial charge in [-0.05, 0) is 55.2 Å². The molecule has 2 aromatic carbocycles. The molecular weight excluding hydrogens is 398 g/mol. The van der Waals surface area contributed by atoms with E-state index in [4.69, 9.17) is 13.9 Å². The number of methoxy groups -OCH3 is 2. The van der Waals surface area contributed by atoms with E-state index in [2.05, 4.69) is 0 Å². The molecule has 0 bridgehead atoms. The molecule has 0 saturated heterocycles. The summed E-state index contributed by atoms with van der Waals surface area (Å²) in [5.74, 6) is 0.746. The Labute approximate surface area is 179 Å². The molecule has 1 aliphatic rings. The molecule has 162 valence electrons. The summed E-state index contributed by atoms with van der Waals surface area (Å²) < 4.78 is 16.8. The van der Waals surface area contributed by atoms with Crippen molar-refractivity contribution in [3.8, 4) is 11.5 Å². The molecule has 7 nitrogen and oxygen atoms in total. The lowest BCUT2D eigenvalue weighted by Gasteiger charge is -2.25. The number of hydrogen-bond acceptors (Lipinski definition) is 6. The monoisotopic (exact) mass is 423 g/mol. The van der Waals surface area contributed by atoms with Gasteiger partial charge in [0.15, 0.2) is 16.9 Å². The third-order valence-electron chi connectivity index (χ3n) is 5.69. The van der Waals surface area contributed by atoms with Gasteiger partial charge in [0.05, 0.1) is 31.2 Å². The molecule has 1 aromatic heterocycles. The van der Waals surface area contributed by atoms with Crippen LogP contribution >= 0.6 is 0 Å². The maximum Gasteiger partial charge on any atom is 0.290 e. The quantitative estimate of drug-likeness (QED) is 0.654. The number of aryl methyl sites for hydroxylation is 2. The highest BCUT2D eigenvalue weighted by Gasteiger charge is 2.42.